The molecule has 2 amide bonds. The Labute approximate surface area is 233 Å². The summed E-state index contributed by atoms with van der Waals surface area (Å²) in [6, 6.07) is 2.25. The zero-order valence-electron chi connectivity index (χ0n) is 22.4. The van der Waals surface area contributed by atoms with E-state index in [-0.39, 0.29) is 43.4 Å². The lowest BCUT2D eigenvalue weighted by atomic mass is 9.81. The Morgan fingerprint density at radius 3 is 2.44 bits per heavy atom. The Kier molecular flexibility index (Phi) is 7.97. The number of halogens is 5. The first kappa shape index (κ1) is 28.9. The van der Waals surface area contributed by atoms with Gasteiger partial charge >= 0.3 is 6.18 Å². The summed E-state index contributed by atoms with van der Waals surface area (Å²) < 4.78 is 67.2. The van der Waals surface area contributed by atoms with Crippen LogP contribution in [-0.2, 0) is 4.79 Å². The van der Waals surface area contributed by atoms with Gasteiger partial charge in [0.1, 0.15) is 0 Å². The van der Waals surface area contributed by atoms with Crippen molar-refractivity contribution in [3.8, 4) is 0 Å². The molecule has 2 aliphatic rings. The zero-order valence-corrected chi connectivity index (χ0v) is 22.4. The highest BCUT2D eigenvalue weighted by molar-refractivity contribution is 5.95. The van der Waals surface area contributed by atoms with Gasteiger partial charge in [-0.15, -0.1) is 0 Å². The van der Waals surface area contributed by atoms with Crippen LogP contribution >= 0.6 is 0 Å². The summed E-state index contributed by atoms with van der Waals surface area (Å²) in [5, 5.41) is 10.1. The second-order valence-corrected chi connectivity index (χ2v) is 11.1. The van der Waals surface area contributed by atoms with E-state index in [2.05, 4.69) is 25.7 Å². The molecule has 2 atom stereocenters. The molecule has 13 heteroatoms. The molecule has 3 heterocycles. The fraction of sp³-hybridized carbons (Fsp3) is 0.536. The monoisotopic (exact) mass is 578 g/mol. The van der Waals surface area contributed by atoms with E-state index in [1.807, 2.05) is 0 Å². The summed E-state index contributed by atoms with van der Waals surface area (Å²) in [6.45, 7) is 1.78. The Bertz CT molecular complexity index is 1410. The highest BCUT2D eigenvalue weighted by Crippen LogP contribution is 2.43. The SMILES string of the molecule is Cc1ccncc1C(=O)N[C@H](c1cn2ncc(C(NC(=O)CCC(F)(F)F)C3CC3)cc2n1)C1CCC(F)(F)CC1. The van der Waals surface area contributed by atoms with Crippen LogP contribution in [-0.4, -0.2) is 43.5 Å². The van der Waals surface area contributed by atoms with Gasteiger partial charge in [-0.05, 0) is 67.7 Å². The molecule has 1 unspecified atom stereocenters. The van der Waals surface area contributed by atoms with E-state index in [1.165, 1.54) is 10.7 Å². The molecule has 0 spiro atoms. The van der Waals surface area contributed by atoms with Gasteiger partial charge in [0.25, 0.3) is 5.91 Å². The molecule has 41 heavy (non-hydrogen) atoms. The van der Waals surface area contributed by atoms with Gasteiger partial charge < -0.3 is 10.6 Å². The summed E-state index contributed by atoms with van der Waals surface area (Å²) in [4.78, 5) is 34.2. The molecule has 0 radical (unpaired) electrons. The lowest BCUT2D eigenvalue weighted by Gasteiger charge is -2.33. The van der Waals surface area contributed by atoms with Gasteiger partial charge in [0.05, 0.1) is 42.2 Å². The second-order valence-electron chi connectivity index (χ2n) is 11.1. The predicted octanol–water partition coefficient (Wildman–Crippen LogP) is 5.64. The van der Waals surface area contributed by atoms with E-state index >= 15 is 0 Å². The van der Waals surface area contributed by atoms with Crippen molar-refractivity contribution in [3.05, 3.63) is 59.3 Å². The standard InChI is InChI=1S/C28H31F5N6O2/c1-16-7-11-34-14-20(16)26(41)38-25(18-4-8-27(29,30)9-5-18)21-15-39-22(36-21)12-19(13-35-39)24(17-2-3-17)37-23(40)6-10-28(31,32)33/h7,11-15,17-18,24-25H,2-6,8-10H2,1H3,(H,37,40)(H,38,41)/t24?,25-/m0/s1. The largest absolute Gasteiger partial charge is 0.389 e. The molecule has 5 rings (SSSR count). The van der Waals surface area contributed by atoms with Crippen molar-refractivity contribution in [3.63, 3.8) is 0 Å². The lowest BCUT2D eigenvalue weighted by molar-refractivity contribution is -0.144. The molecule has 0 saturated heterocycles. The van der Waals surface area contributed by atoms with Gasteiger partial charge in [0.15, 0.2) is 5.65 Å². The van der Waals surface area contributed by atoms with Crippen molar-refractivity contribution in [1.29, 1.82) is 0 Å². The van der Waals surface area contributed by atoms with Crippen LogP contribution in [0.5, 0.6) is 0 Å². The number of carbonyl (C=O) groups excluding carboxylic acids is 2. The number of rotatable bonds is 9. The number of aromatic nitrogens is 4. The first-order valence-electron chi connectivity index (χ1n) is 13.7. The fourth-order valence-electron chi connectivity index (χ4n) is 5.38. The number of aryl methyl sites for hydroxylation is 1. The first-order valence-corrected chi connectivity index (χ1v) is 13.7. The molecule has 2 N–H and O–H groups in total. The number of alkyl halides is 5. The van der Waals surface area contributed by atoms with Crippen molar-refractivity contribution in [1.82, 2.24) is 30.2 Å². The number of imidazole rings is 1. The molecular formula is C28H31F5N6O2. The fourth-order valence-corrected chi connectivity index (χ4v) is 5.38. The molecule has 3 aromatic heterocycles. The first-order chi connectivity index (χ1) is 19.4. The minimum absolute atomic E-state index is 0.0854. The van der Waals surface area contributed by atoms with Crippen LogP contribution in [0.15, 0.2) is 36.9 Å². The number of pyridine rings is 1. The average molecular weight is 579 g/mol. The van der Waals surface area contributed by atoms with E-state index in [0.29, 0.717) is 22.5 Å². The van der Waals surface area contributed by atoms with E-state index in [0.717, 1.165) is 18.4 Å². The summed E-state index contributed by atoms with van der Waals surface area (Å²) in [6.07, 6.45) is 1.40. The van der Waals surface area contributed by atoms with Crippen LogP contribution in [0.2, 0.25) is 0 Å². The molecule has 0 aliphatic heterocycles. The van der Waals surface area contributed by atoms with E-state index in [9.17, 15) is 31.5 Å². The van der Waals surface area contributed by atoms with E-state index in [4.69, 9.17) is 0 Å². The maximum Gasteiger partial charge on any atom is 0.389 e. The van der Waals surface area contributed by atoms with Gasteiger partial charge in [-0.3, -0.25) is 14.6 Å². The lowest BCUT2D eigenvalue weighted by Crippen LogP contribution is -2.37. The van der Waals surface area contributed by atoms with Crippen LogP contribution < -0.4 is 10.6 Å². The van der Waals surface area contributed by atoms with Gasteiger partial charge in [0.2, 0.25) is 11.8 Å². The number of nitrogens with zero attached hydrogens (tertiary/aromatic N) is 4. The van der Waals surface area contributed by atoms with Crippen LogP contribution in [0.4, 0.5) is 22.0 Å². The van der Waals surface area contributed by atoms with E-state index < -0.39 is 42.9 Å². The van der Waals surface area contributed by atoms with Crippen molar-refractivity contribution < 1.29 is 31.5 Å². The van der Waals surface area contributed by atoms with Crippen LogP contribution in [0.3, 0.4) is 0 Å². The maximum atomic E-state index is 14.0. The number of hydrogen-bond donors (Lipinski definition) is 2. The summed E-state index contributed by atoms with van der Waals surface area (Å²) in [5.41, 5.74) is 2.57. The minimum Gasteiger partial charge on any atom is -0.349 e. The molecule has 0 bridgehead atoms. The molecule has 8 nitrogen and oxygen atoms in total. The van der Waals surface area contributed by atoms with Crippen molar-refractivity contribution >= 4 is 17.5 Å². The van der Waals surface area contributed by atoms with E-state index in [1.54, 1.807) is 37.6 Å². The van der Waals surface area contributed by atoms with Gasteiger partial charge in [-0.25, -0.2) is 18.3 Å². The molecule has 0 aromatic carbocycles. The van der Waals surface area contributed by atoms with Gasteiger partial charge in [0, 0.05) is 31.7 Å². The topological polar surface area (TPSA) is 101 Å². The Morgan fingerprint density at radius 2 is 1.78 bits per heavy atom. The Hall–Kier alpha value is -3.64. The third-order valence-corrected chi connectivity index (χ3v) is 7.89. The number of hydrogen-bond acceptors (Lipinski definition) is 5. The molecule has 220 valence electrons. The van der Waals surface area contributed by atoms with Crippen LogP contribution in [0.1, 0.15) is 90.6 Å². The third kappa shape index (κ3) is 7.17. The van der Waals surface area contributed by atoms with Gasteiger partial charge in [-0.2, -0.15) is 18.3 Å². The number of nitrogens with one attached hydrogen (secondary N) is 2. The van der Waals surface area contributed by atoms with Crippen molar-refractivity contribution in [2.24, 2.45) is 11.8 Å². The minimum atomic E-state index is -4.42. The third-order valence-electron chi connectivity index (χ3n) is 7.89. The Balaban J connectivity index is 1.40. The second kappa shape index (κ2) is 11.3. The summed E-state index contributed by atoms with van der Waals surface area (Å²) in [7, 11) is 0. The Morgan fingerprint density at radius 1 is 1.07 bits per heavy atom. The highest BCUT2D eigenvalue weighted by atomic mass is 19.4. The molecule has 3 aromatic rings. The molecular weight excluding hydrogens is 547 g/mol. The number of fused-ring (bicyclic) bond motifs is 1. The van der Waals surface area contributed by atoms with Gasteiger partial charge in [-0.1, -0.05) is 0 Å². The summed E-state index contributed by atoms with van der Waals surface area (Å²) in [5.74, 6) is -4.03. The normalized spacial score (nSPS) is 19.1. The average Bonchev–Trinajstić information content (AvgIpc) is 3.67. The number of amides is 2. The molecule has 2 aliphatic carbocycles. The van der Waals surface area contributed by atoms with Crippen LogP contribution in [0.25, 0.3) is 5.65 Å². The smallest absolute Gasteiger partial charge is 0.349 e. The number of carbonyl (C=O) groups is 2. The molecule has 2 fully saturated rings. The van der Waals surface area contributed by atoms with Crippen LogP contribution in [0, 0.1) is 18.8 Å². The van der Waals surface area contributed by atoms with Crippen molar-refractivity contribution in [2.45, 2.75) is 82.5 Å². The predicted molar refractivity (Wildman–Crippen MR) is 138 cm³/mol. The molecule has 2 saturated carbocycles. The quantitative estimate of drug-likeness (QED) is 0.320. The zero-order chi connectivity index (χ0) is 29.4. The van der Waals surface area contributed by atoms with Crippen molar-refractivity contribution in [2.75, 3.05) is 0 Å². The maximum absolute atomic E-state index is 14.0. The highest BCUT2D eigenvalue weighted by Gasteiger charge is 2.40. The summed E-state index contributed by atoms with van der Waals surface area (Å²) >= 11 is 0.